The highest BCUT2D eigenvalue weighted by Crippen LogP contribution is 2.23. The van der Waals surface area contributed by atoms with E-state index in [0.29, 0.717) is 5.02 Å². The van der Waals surface area contributed by atoms with Gasteiger partial charge in [0.25, 0.3) is 0 Å². The van der Waals surface area contributed by atoms with E-state index in [2.05, 4.69) is 25.8 Å². The number of guanidine groups is 1. The summed E-state index contributed by atoms with van der Waals surface area (Å²) < 4.78 is 0. The molecular formula is C10H11Cl2N5. The molecule has 0 bridgehead atoms. The molecule has 1 aromatic heterocycles. The number of aromatic nitrogens is 2. The van der Waals surface area contributed by atoms with Gasteiger partial charge in [-0.1, -0.05) is 11.6 Å². The van der Waals surface area contributed by atoms with Crippen LogP contribution in [0.2, 0.25) is 5.02 Å². The maximum absolute atomic E-state index is 5.89. The lowest BCUT2D eigenvalue weighted by atomic mass is 10.2. The predicted octanol–water partition coefficient (Wildman–Crippen LogP) is 2.01. The Bertz CT molecular complexity index is 563. The Labute approximate surface area is 109 Å². The van der Waals surface area contributed by atoms with E-state index in [1.54, 1.807) is 0 Å². The van der Waals surface area contributed by atoms with Crippen molar-refractivity contribution in [2.75, 3.05) is 18.4 Å². The average Bonchev–Trinajstić information content (AvgIpc) is 2.89. The van der Waals surface area contributed by atoms with Gasteiger partial charge in [-0.2, -0.15) is 5.10 Å². The fraction of sp³-hybridized carbons (Fsp3) is 0.200. The molecule has 0 amide bonds. The summed E-state index contributed by atoms with van der Waals surface area (Å²) in [6, 6.07) is 5.62. The van der Waals surface area contributed by atoms with Crippen LogP contribution in [0.15, 0.2) is 23.2 Å². The van der Waals surface area contributed by atoms with E-state index in [-0.39, 0.29) is 12.4 Å². The third kappa shape index (κ3) is 2.30. The van der Waals surface area contributed by atoms with Gasteiger partial charge in [-0.3, -0.25) is 10.1 Å². The Kier molecular flexibility index (Phi) is 3.40. The minimum absolute atomic E-state index is 0. The molecule has 17 heavy (non-hydrogen) atoms. The topological polar surface area (TPSA) is 65.1 Å². The predicted molar refractivity (Wildman–Crippen MR) is 72.3 cm³/mol. The summed E-state index contributed by atoms with van der Waals surface area (Å²) in [5, 5.41) is 15.1. The zero-order valence-electron chi connectivity index (χ0n) is 8.83. The molecule has 0 saturated carbocycles. The summed E-state index contributed by atoms with van der Waals surface area (Å²) >= 11 is 5.89. The number of aromatic amines is 1. The first-order valence-corrected chi connectivity index (χ1v) is 5.40. The van der Waals surface area contributed by atoms with Crippen molar-refractivity contribution in [2.45, 2.75) is 0 Å². The Morgan fingerprint density at radius 2 is 2.24 bits per heavy atom. The van der Waals surface area contributed by atoms with Gasteiger partial charge in [-0.05, 0) is 18.2 Å². The van der Waals surface area contributed by atoms with E-state index >= 15 is 0 Å². The van der Waals surface area contributed by atoms with Crippen LogP contribution in [0.3, 0.4) is 0 Å². The molecular weight excluding hydrogens is 261 g/mol. The van der Waals surface area contributed by atoms with E-state index in [0.717, 1.165) is 35.8 Å². The quantitative estimate of drug-likeness (QED) is 0.744. The van der Waals surface area contributed by atoms with Crippen molar-refractivity contribution in [3.8, 4) is 0 Å². The number of H-pyrrole nitrogens is 1. The minimum Gasteiger partial charge on any atom is -0.354 e. The molecule has 3 rings (SSSR count). The normalized spacial score (nSPS) is 14.1. The van der Waals surface area contributed by atoms with Crippen LogP contribution in [0.25, 0.3) is 10.9 Å². The van der Waals surface area contributed by atoms with Crippen LogP contribution in [-0.4, -0.2) is 29.2 Å². The third-order valence-corrected chi connectivity index (χ3v) is 2.67. The van der Waals surface area contributed by atoms with Gasteiger partial charge in [-0.25, -0.2) is 0 Å². The van der Waals surface area contributed by atoms with Gasteiger partial charge in [0.05, 0.1) is 12.1 Å². The number of hydrogen-bond acceptors (Lipinski definition) is 4. The molecule has 0 spiro atoms. The SMILES string of the molecule is Cl.Clc1ccc2c(NC3=NCCN3)n[nH]c2c1. The highest BCUT2D eigenvalue weighted by atomic mass is 35.5. The van der Waals surface area contributed by atoms with Crippen molar-refractivity contribution in [3.63, 3.8) is 0 Å². The second-order valence-corrected chi connectivity index (χ2v) is 3.98. The fourth-order valence-electron chi connectivity index (χ4n) is 1.68. The van der Waals surface area contributed by atoms with Crippen molar-refractivity contribution in [2.24, 2.45) is 4.99 Å². The molecule has 5 nitrogen and oxygen atoms in total. The molecule has 1 aliphatic heterocycles. The van der Waals surface area contributed by atoms with E-state index in [1.807, 2.05) is 18.2 Å². The number of nitrogens with zero attached hydrogens (tertiary/aromatic N) is 2. The lowest BCUT2D eigenvalue weighted by molar-refractivity contribution is 0.958. The zero-order valence-corrected chi connectivity index (χ0v) is 10.4. The smallest absolute Gasteiger partial charge is 0.197 e. The lowest BCUT2D eigenvalue weighted by Gasteiger charge is -2.02. The first kappa shape index (κ1) is 12.0. The Hall–Kier alpha value is -1.46. The van der Waals surface area contributed by atoms with Crippen molar-refractivity contribution in [1.29, 1.82) is 0 Å². The summed E-state index contributed by atoms with van der Waals surface area (Å²) in [6.45, 7) is 1.67. The molecule has 2 heterocycles. The van der Waals surface area contributed by atoms with Gasteiger partial charge in [0.1, 0.15) is 0 Å². The van der Waals surface area contributed by atoms with Crippen LogP contribution in [0.1, 0.15) is 0 Å². The number of fused-ring (bicyclic) bond motifs is 1. The molecule has 0 aliphatic carbocycles. The molecule has 3 N–H and O–H groups in total. The number of anilines is 1. The Morgan fingerprint density at radius 3 is 3.00 bits per heavy atom. The molecule has 1 aromatic carbocycles. The highest BCUT2D eigenvalue weighted by molar-refractivity contribution is 6.31. The van der Waals surface area contributed by atoms with E-state index in [4.69, 9.17) is 11.6 Å². The number of rotatable bonds is 1. The number of halogens is 2. The maximum Gasteiger partial charge on any atom is 0.197 e. The van der Waals surface area contributed by atoms with Crippen LogP contribution >= 0.6 is 24.0 Å². The van der Waals surface area contributed by atoms with E-state index < -0.39 is 0 Å². The van der Waals surface area contributed by atoms with Gasteiger partial charge in [0.15, 0.2) is 11.8 Å². The summed E-state index contributed by atoms with van der Waals surface area (Å²) in [5.41, 5.74) is 0.911. The van der Waals surface area contributed by atoms with Crippen molar-refractivity contribution >= 4 is 46.7 Å². The summed E-state index contributed by atoms with van der Waals surface area (Å²) in [4.78, 5) is 4.25. The fourth-order valence-corrected chi connectivity index (χ4v) is 1.85. The second-order valence-electron chi connectivity index (χ2n) is 3.54. The standard InChI is InChI=1S/C10H10ClN5.ClH/c11-6-1-2-7-8(5-6)15-16-9(7)14-10-12-3-4-13-10;/h1-2,5H,3-4H2,(H3,12,13,14,15,16);1H. The summed E-state index contributed by atoms with van der Waals surface area (Å²) in [7, 11) is 0. The minimum atomic E-state index is 0. The van der Waals surface area contributed by atoms with Crippen LogP contribution in [0.5, 0.6) is 0 Å². The molecule has 7 heteroatoms. The summed E-state index contributed by atoms with van der Waals surface area (Å²) in [5.74, 6) is 1.53. The zero-order chi connectivity index (χ0) is 11.0. The first-order valence-electron chi connectivity index (χ1n) is 5.02. The molecule has 0 fully saturated rings. The molecule has 0 unspecified atom stereocenters. The molecule has 90 valence electrons. The molecule has 2 aromatic rings. The van der Waals surface area contributed by atoms with Gasteiger partial charge >= 0.3 is 0 Å². The molecule has 1 aliphatic rings. The first-order chi connectivity index (χ1) is 7.83. The van der Waals surface area contributed by atoms with Crippen LogP contribution in [-0.2, 0) is 0 Å². The average molecular weight is 272 g/mol. The van der Waals surface area contributed by atoms with Crippen molar-refractivity contribution < 1.29 is 0 Å². The van der Waals surface area contributed by atoms with E-state index in [9.17, 15) is 0 Å². The van der Waals surface area contributed by atoms with Crippen LogP contribution in [0, 0.1) is 0 Å². The summed E-state index contributed by atoms with van der Waals surface area (Å²) in [6.07, 6.45) is 0. The van der Waals surface area contributed by atoms with Gasteiger partial charge in [-0.15, -0.1) is 12.4 Å². The molecule has 0 saturated heterocycles. The number of aliphatic imine (C=N–C) groups is 1. The maximum atomic E-state index is 5.89. The third-order valence-electron chi connectivity index (χ3n) is 2.44. The van der Waals surface area contributed by atoms with Gasteiger partial charge in [0.2, 0.25) is 0 Å². The lowest BCUT2D eigenvalue weighted by Crippen LogP contribution is -2.26. The van der Waals surface area contributed by atoms with Crippen LogP contribution in [0.4, 0.5) is 5.82 Å². The monoisotopic (exact) mass is 271 g/mol. The van der Waals surface area contributed by atoms with Crippen molar-refractivity contribution in [1.82, 2.24) is 15.5 Å². The van der Waals surface area contributed by atoms with Gasteiger partial charge < -0.3 is 10.6 Å². The largest absolute Gasteiger partial charge is 0.354 e. The van der Waals surface area contributed by atoms with Gasteiger partial charge in [0, 0.05) is 17.0 Å². The van der Waals surface area contributed by atoms with E-state index in [1.165, 1.54) is 0 Å². The second kappa shape index (κ2) is 4.81. The van der Waals surface area contributed by atoms with Crippen LogP contribution < -0.4 is 10.6 Å². The molecule has 0 radical (unpaired) electrons. The molecule has 0 atom stereocenters. The van der Waals surface area contributed by atoms with Crippen molar-refractivity contribution in [3.05, 3.63) is 23.2 Å². The number of nitrogens with one attached hydrogen (secondary N) is 3. The highest BCUT2D eigenvalue weighted by Gasteiger charge is 2.10. The Morgan fingerprint density at radius 1 is 1.35 bits per heavy atom. The Balaban J connectivity index is 0.00000108. The number of benzene rings is 1. The number of hydrogen-bond donors (Lipinski definition) is 3.